The predicted octanol–water partition coefficient (Wildman–Crippen LogP) is 3.07. The van der Waals surface area contributed by atoms with Crippen LogP contribution in [0.3, 0.4) is 0 Å². The van der Waals surface area contributed by atoms with Crippen molar-refractivity contribution in [2.45, 2.75) is 27.5 Å². The second-order valence-electron chi connectivity index (χ2n) is 2.94. The third-order valence-electron chi connectivity index (χ3n) is 2.26. The maximum Gasteiger partial charge on any atom is 0.246 e. The van der Waals surface area contributed by atoms with Crippen molar-refractivity contribution in [2.75, 3.05) is 6.26 Å². The zero-order valence-electron chi connectivity index (χ0n) is 6.53. The van der Waals surface area contributed by atoms with E-state index in [1.54, 1.807) is 11.8 Å². The molecule has 5 heteroatoms. The van der Waals surface area contributed by atoms with Crippen LogP contribution in [0.25, 0.3) is 0 Å². The van der Waals surface area contributed by atoms with Gasteiger partial charge < -0.3 is 0 Å². The number of carbonyl (C=O) groups excluding carboxylic acids is 1. The van der Waals surface area contributed by atoms with Gasteiger partial charge in [-0.05, 0) is 12.7 Å². The zero-order valence-corrected chi connectivity index (χ0v) is 9.73. The van der Waals surface area contributed by atoms with Crippen molar-refractivity contribution in [3.63, 3.8) is 0 Å². The Kier molecular flexibility index (Phi) is 2.90. The van der Waals surface area contributed by atoms with E-state index in [-0.39, 0.29) is 9.82 Å². The van der Waals surface area contributed by atoms with Crippen molar-refractivity contribution < 1.29 is 4.79 Å². The molecule has 1 aliphatic carbocycles. The third kappa shape index (κ3) is 1.51. The molecule has 1 aliphatic heterocycles. The maximum atomic E-state index is 11.1. The molecular weight excluding hydrogens is 232 g/mol. The number of hydrogen-bond donors (Lipinski definition) is 0. The fraction of sp³-hybridized carbons (Fsp3) is 0.857. The van der Waals surface area contributed by atoms with Crippen LogP contribution in [0.2, 0.25) is 0 Å². The summed E-state index contributed by atoms with van der Waals surface area (Å²) in [7, 11) is 0. The van der Waals surface area contributed by atoms with Gasteiger partial charge >= 0.3 is 0 Å². The summed E-state index contributed by atoms with van der Waals surface area (Å²) in [4.78, 5) is 11.1. The van der Waals surface area contributed by atoms with Crippen LogP contribution in [0.1, 0.15) is 6.42 Å². The van der Waals surface area contributed by atoms with Gasteiger partial charge in [0, 0.05) is 21.1 Å². The summed E-state index contributed by atoms with van der Waals surface area (Å²) in [5.41, 5.74) is 0. The van der Waals surface area contributed by atoms with E-state index in [9.17, 15) is 4.79 Å². The van der Waals surface area contributed by atoms with Gasteiger partial charge in [0.05, 0.1) is 0 Å². The molecule has 1 heterocycles. The quantitative estimate of drug-likeness (QED) is 0.655. The van der Waals surface area contributed by atoms with Crippen LogP contribution < -0.4 is 0 Å². The Morgan fingerprint density at radius 1 is 1.58 bits per heavy atom. The average Bonchev–Trinajstić information content (AvgIpc) is 2.43. The van der Waals surface area contributed by atoms with Gasteiger partial charge in [-0.3, -0.25) is 4.79 Å². The highest BCUT2D eigenvalue weighted by atomic mass is 35.5. The van der Waals surface area contributed by atoms with Crippen molar-refractivity contribution >= 4 is 51.3 Å². The van der Waals surface area contributed by atoms with Crippen molar-refractivity contribution in [3.05, 3.63) is 0 Å². The van der Waals surface area contributed by atoms with Gasteiger partial charge in [0.25, 0.3) is 0 Å². The van der Waals surface area contributed by atoms with Crippen molar-refractivity contribution in [2.24, 2.45) is 0 Å². The van der Waals surface area contributed by atoms with E-state index in [1.807, 2.05) is 0 Å². The Morgan fingerprint density at radius 3 is 3.00 bits per heavy atom. The fourth-order valence-corrected chi connectivity index (χ4v) is 6.95. The van der Waals surface area contributed by atoms with E-state index in [2.05, 4.69) is 6.26 Å². The molecule has 0 radical (unpaired) electrons. The average molecular weight is 241 g/mol. The van der Waals surface area contributed by atoms with E-state index in [4.69, 9.17) is 11.6 Å². The lowest BCUT2D eigenvalue weighted by molar-refractivity contribution is 0.277. The second-order valence-corrected chi connectivity index (χ2v) is 7.14. The van der Waals surface area contributed by atoms with Crippen LogP contribution in [0.5, 0.6) is 0 Å². The van der Waals surface area contributed by atoms with Gasteiger partial charge in [0.15, 0.2) is 0 Å². The number of rotatable bonds is 1. The molecule has 1 saturated heterocycles. The van der Waals surface area contributed by atoms with Crippen molar-refractivity contribution in [3.8, 4) is 0 Å². The minimum absolute atomic E-state index is 0.267. The van der Waals surface area contributed by atoms with E-state index >= 15 is 0 Å². The summed E-state index contributed by atoms with van der Waals surface area (Å²) in [6, 6.07) is 0. The molecule has 1 nitrogen and oxygen atoms in total. The van der Waals surface area contributed by atoms with Crippen LogP contribution in [0, 0.1) is 0 Å². The SMILES string of the molecule is CS[C@@H]1[C@H]2SC(=O)S[C@H]2C[C@H]1Cl. The molecule has 2 aliphatic rings. The molecule has 0 bridgehead atoms. The van der Waals surface area contributed by atoms with Gasteiger partial charge in [0.1, 0.15) is 0 Å². The lowest BCUT2D eigenvalue weighted by Crippen LogP contribution is -2.21. The Bertz CT molecular complexity index is 211. The number of fused-ring (bicyclic) bond motifs is 1. The standard InChI is InChI=1S/C7H9ClOS3/c1-10-5-3(8)2-4-6(5)12-7(9)11-4/h3-6H,2H2,1H3/t3-,4+,5+,6+/m1/s1. The van der Waals surface area contributed by atoms with E-state index < -0.39 is 0 Å². The molecule has 4 atom stereocenters. The molecule has 12 heavy (non-hydrogen) atoms. The molecule has 1 saturated carbocycles. The largest absolute Gasteiger partial charge is 0.274 e. The summed E-state index contributed by atoms with van der Waals surface area (Å²) in [6.45, 7) is 0. The highest BCUT2D eigenvalue weighted by Crippen LogP contribution is 2.52. The van der Waals surface area contributed by atoms with Gasteiger partial charge in [-0.15, -0.1) is 11.6 Å². The summed E-state index contributed by atoms with van der Waals surface area (Å²) in [5.74, 6) is 0. The number of hydrogen-bond acceptors (Lipinski definition) is 4. The molecule has 2 rings (SSSR count). The minimum atomic E-state index is 0.267. The van der Waals surface area contributed by atoms with E-state index in [0.29, 0.717) is 15.7 Å². The molecule has 2 fully saturated rings. The van der Waals surface area contributed by atoms with Crippen LogP contribution in [0.15, 0.2) is 0 Å². The van der Waals surface area contributed by atoms with Gasteiger partial charge in [0.2, 0.25) is 4.45 Å². The molecule has 0 spiro atoms. The summed E-state index contributed by atoms with van der Waals surface area (Å²) in [5, 5.41) is 1.70. The van der Waals surface area contributed by atoms with Crippen molar-refractivity contribution in [1.29, 1.82) is 0 Å². The lowest BCUT2D eigenvalue weighted by Gasteiger charge is -2.15. The number of carbonyl (C=O) groups is 1. The van der Waals surface area contributed by atoms with Crippen molar-refractivity contribution in [1.82, 2.24) is 0 Å². The fourth-order valence-electron chi connectivity index (χ4n) is 1.71. The van der Waals surface area contributed by atoms with Crippen LogP contribution >= 0.6 is 46.9 Å². The first-order chi connectivity index (χ1) is 5.72. The zero-order chi connectivity index (χ0) is 8.72. The topological polar surface area (TPSA) is 17.1 Å². The molecular formula is C7H9ClOS3. The molecule has 0 aromatic carbocycles. The van der Waals surface area contributed by atoms with Gasteiger partial charge in [-0.25, -0.2) is 0 Å². The Balaban J connectivity index is 2.11. The van der Waals surface area contributed by atoms with Gasteiger partial charge in [-0.2, -0.15) is 11.8 Å². The highest BCUT2D eigenvalue weighted by molar-refractivity contribution is 8.42. The molecule has 0 amide bonds. The Labute approximate surface area is 89.8 Å². The number of alkyl halides is 1. The molecule has 0 aromatic rings. The number of halogens is 1. The summed E-state index contributed by atoms with van der Waals surface area (Å²) >= 11 is 10.9. The lowest BCUT2D eigenvalue weighted by atomic mass is 10.3. The minimum Gasteiger partial charge on any atom is -0.274 e. The molecule has 0 aromatic heterocycles. The Morgan fingerprint density at radius 2 is 2.33 bits per heavy atom. The van der Waals surface area contributed by atoms with Crippen LogP contribution in [-0.4, -0.2) is 31.8 Å². The normalized spacial score (nSPS) is 46.7. The molecule has 68 valence electrons. The van der Waals surface area contributed by atoms with Crippen LogP contribution in [-0.2, 0) is 0 Å². The highest BCUT2D eigenvalue weighted by Gasteiger charge is 2.48. The van der Waals surface area contributed by atoms with Crippen LogP contribution in [0.4, 0.5) is 4.79 Å². The molecule has 0 N–H and O–H groups in total. The second kappa shape index (κ2) is 3.64. The Hall–Kier alpha value is 1.01. The monoisotopic (exact) mass is 240 g/mol. The third-order valence-corrected chi connectivity index (χ3v) is 7.01. The maximum absolute atomic E-state index is 11.1. The number of thioether (sulfide) groups is 3. The summed E-state index contributed by atoms with van der Waals surface area (Å²) < 4.78 is 0.285. The molecule has 0 unspecified atom stereocenters. The first kappa shape index (κ1) is 9.56. The predicted molar refractivity (Wildman–Crippen MR) is 59.7 cm³/mol. The summed E-state index contributed by atoms with van der Waals surface area (Å²) in [6.07, 6.45) is 3.08. The van der Waals surface area contributed by atoms with E-state index in [1.165, 1.54) is 23.5 Å². The first-order valence-corrected chi connectivity index (χ1v) is 7.25. The smallest absolute Gasteiger partial charge is 0.246 e. The van der Waals surface area contributed by atoms with Gasteiger partial charge in [-0.1, -0.05) is 23.5 Å². The van der Waals surface area contributed by atoms with E-state index in [0.717, 1.165) is 6.42 Å². The first-order valence-electron chi connectivity index (χ1n) is 3.76.